The highest BCUT2D eigenvalue weighted by Crippen LogP contribution is 2.34. The predicted molar refractivity (Wildman–Crippen MR) is 82.0 cm³/mol. The van der Waals surface area contributed by atoms with Crippen LogP contribution in [0.1, 0.15) is 43.4 Å². The number of fused-ring (bicyclic) bond motifs is 1. The smallest absolute Gasteiger partial charge is 0.320 e. The van der Waals surface area contributed by atoms with E-state index in [1.807, 2.05) is 6.92 Å². The molecule has 0 saturated heterocycles. The third kappa shape index (κ3) is 4.29. The van der Waals surface area contributed by atoms with E-state index in [1.165, 1.54) is 11.1 Å². The highest BCUT2D eigenvalue weighted by atomic mass is 16.5. The Labute approximate surface area is 126 Å². The van der Waals surface area contributed by atoms with Gasteiger partial charge in [0.25, 0.3) is 0 Å². The Morgan fingerprint density at radius 3 is 3.00 bits per heavy atom. The Morgan fingerprint density at radius 1 is 1.43 bits per heavy atom. The van der Waals surface area contributed by atoms with Crippen molar-refractivity contribution in [3.63, 3.8) is 0 Å². The summed E-state index contributed by atoms with van der Waals surface area (Å²) >= 11 is 0. The van der Waals surface area contributed by atoms with Crippen LogP contribution in [0.15, 0.2) is 24.3 Å². The molecule has 0 saturated carbocycles. The summed E-state index contributed by atoms with van der Waals surface area (Å²) in [5, 5.41) is 9.10. The number of nitrogens with zero attached hydrogens (tertiary/aromatic N) is 1. The molecule has 116 valence electrons. The van der Waals surface area contributed by atoms with Crippen molar-refractivity contribution in [3.05, 3.63) is 35.4 Å². The number of benzene rings is 1. The summed E-state index contributed by atoms with van der Waals surface area (Å²) in [6.45, 7) is 3.40. The maximum absolute atomic E-state index is 11.8. The van der Waals surface area contributed by atoms with Crippen molar-refractivity contribution in [2.45, 2.75) is 38.6 Å². The molecule has 1 aliphatic rings. The second kappa shape index (κ2) is 8.15. The zero-order valence-corrected chi connectivity index (χ0v) is 12.8. The first kappa shape index (κ1) is 16.0. The molecule has 1 unspecified atom stereocenters. The van der Waals surface area contributed by atoms with E-state index in [4.69, 9.17) is 9.84 Å². The van der Waals surface area contributed by atoms with E-state index in [9.17, 15) is 4.79 Å². The van der Waals surface area contributed by atoms with Gasteiger partial charge in [0.1, 0.15) is 0 Å². The van der Waals surface area contributed by atoms with Crippen molar-refractivity contribution in [2.24, 2.45) is 0 Å². The zero-order chi connectivity index (χ0) is 15.1. The molecule has 0 radical (unpaired) electrons. The zero-order valence-electron chi connectivity index (χ0n) is 12.8. The Morgan fingerprint density at radius 2 is 2.24 bits per heavy atom. The van der Waals surface area contributed by atoms with Crippen molar-refractivity contribution < 1.29 is 14.6 Å². The summed E-state index contributed by atoms with van der Waals surface area (Å²) in [5.41, 5.74) is 2.71. The van der Waals surface area contributed by atoms with E-state index in [0.29, 0.717) is 26.1 Å². The number of aliphatic hydroxyl groups excluding tert-OH is 1. The van der Waals surface area contributed by atoms with Crippen molar-refractivity contribution >= 4 is 5.97 Å². The van der Waals surface area contributed by atoms with Gasteiger partial charge in [-0.1, -0.05) is 24.3 Å². The van der Waals surface area contributed by atoms with Crippen molar-refractivity contribution in [1.82, 2.24) is 4.90 Å². The predicted octanol–water partition coefficient (Wildman–Crippen LogP) is 2.31. The van der Waals surface area contributed by atoms with Gasteiger partial charge in [-0.25, -0.2) is 0 Å². The molecule has 21 heavy (non-hydrogen) atoms. The average Bonchev–Trinajstić information content (AvgIpc) is 2.51. The SMILES string of the molecule is CCOC(=O)CN(CCCO)C1CCCc2ccccc21. The summed E-state index contributed by atoms with van der Waals surface area (Å²) in [6.07, 6.45) is 3.99. The first-order valence-electron chi connectivity index (χ1n) is 7.84. The van der Waals surface area contributed by atoms with E-state index in [0.717, 1.165) is 19.3 Å². The van der Waals surface area contributed by atoms with E-state index in [1.54, 1.807) is 0 Å². The van der Waals surface area contributed by atoms with Gasteiger partial charge in [0, 0.05) is 19.2 Å². The van der Waals surface area contributed by atoms with Crippen LogP contribution in [0, 0.1) is 0 Å². The Balaban J connectivity index is 2.14. The average molecular weight is 291 g/mol. The fraction of sp³-hybridized carbons (Fsp3) is 0.588. The van der Waals surface area contributed by atoms with Gasteiger partial charge in [0.2, 0.25) is 0 Å². The standard InChI is InChI=1S/C17H25NO3/c1-2-21-17(20)13-18(11-6-12-19)16-10-5-8-14-7-3-4-9-15(14)16/h3-4,7,9,16,19H,2,5-6,8,10-13H2,1H3. The lowest BCUT2D eigenvalue weighted by molar-refractivity contribution is -0.145. The molecule has 4 nitrogen and oxygen atoms in total. The largest absolute Gasteiger partial charge is 0.465 e. The Bertz CT molecular complexity index is 461. The molecular formula is C17H25NO3. The van der Waals surface area contributed by atoms with E-state index in [2.05, 4.69) is 29.2 Å². The van der Waals surface area contributed by atoms with Crippen LogP contribution in [0.25, 0.3) is 0 Å². The first-order valence-corrected chi connectivity index (χ1v) is 7.84. The van der Waals surface area contributed by atoms with Crippen LogP contribution in [-0.4, -0.2) is 42.3 Å². The molecule has 1 aliphatic carbocycles. The minimum absolute atomic E-state index is 0.147. The number of aryl methyl sites for hydroxylation is 1. The van der Waals surface area contributed by atoms with Crippen LogP contribution in [0.4, 0.5) is 0 Å². The highest BCUT2D eigenvalue weighted by molar-refractivity contribution is 5.71. The number of carbonyl (C=O) groups excluding carboxylic acids is 1. The van der Waals surface area contributed by atoms with Crippen LogP contribution >= 0.6 is 0 Å². The van der Waals surface area contributed by atoms with E-state index < -0.39 is 0 Å². The number of rotatable bonds is 7. The summed E-state index contributed by atoms with van der Waals surface area (Å²) in [7, 11) is 0. The summed E-state index contributed by atoms with van der Waals surface area (Å²) in [4.78, 5) is 14.0. The maximum atomic E-state index is 11.8. The lowest BCUT2D eigenvalue weighted by atomic mass is 9.86. The third-order valence-corrected chi connectivity index (χ3v) is 4.02. The maximum Gasteiger partial charge on any atom is 0.320 e. The van der Waals surface area contributed by atoms with Gasteiger partial charge in [-0.2, -0.15) is 0 Å². The number of esters is 1. The number of ether oxygens (including phenoxy) is 1. The molecule has 0 spiro atoms. The van der Waals surface area contributed by atoms with Gasteiger partial charge >= 0.3 is 5.97 Å². The first-order chi connectivity index (χ1) is 10.3. The molecule has 2 rings (SSSR count). The molecule has 0 aliphatic heterocycles. The van der Waals surface area contributed by atoms with Crippen LogP contribution in [-0.2, 0) is 16.0 Å². The van der Waals surface area contributed by atoms with Gasteiger partial charge in [0.05, 0.1) is 13.2 Å². The van der Waals surface area contributed by atoms with Crippen LogP contribution in [0.2, 0.25) is 0 Å². The summed E-state index contributed by atoms with van der Waals surface area (Å²) in [5.74, 6) is -0.182. The molecule has 0 amide bonds. The van der Waals surface area contributed by atoms with Crippen LogP contribution < -0.4 is 0 Å². The minimum atomic E-state index is -0.182. The molecular weight excluding hydrogens is 266 g/mol. The van der Waals surface area contributed by atoms with Crippen LogP contribution in [0.5, 0.6) is 0 Å². The lowest BCUT2D eigenvalue weighted by Gasteiger charge is -2.35. The molecule has 0 heterocycles. The topological polar surface area (TPSA) is 49.8 Å². The Hall–Kier alpha value is -1.39. The molecule has 1 atom stereocenters. The minimum Gasteiger partial charge on any atom is -0.465 e. The van der Waals surface area contributed by atoms with Gasteiger partial charge in [0.15, 0.2) is 0 Å². The second-order valence-corrected chi connectivity index (χ2v) is 5.46. The van der Waals surface area contributed by atoms with E-state index in [-0.39, 0.29) is 18.6 Å². The van der Waals surface area contributed by atoms with Gasteiger partial charge in [-0.05, 0) is 43.7 Å². The second-order valence-electron chi connectivity index (χ2n) is 5.46. The quantitative estimate of drug-likeness (QED) is 0.783. The number of hydrogen-bond donors (Lipinski definition) is 1. The number of aliphatic hydroxyl groups is 1. The third-order valence-electron chi connectivity index (χ3n) is 4.02. The lowest BCUT2D eigenvalue weighted by Crippen LogP contribution is -2.37. The Kier molecular flexibility index (Phi) is 6.21. The molecule has 1 aromatic carbocycles. The van der Waals surface area contributed by atoms with Gasteiger partial charge in [-0.15, -0.1) is 0 Å². The fourth-order valence-corrected chi connectivity index (χ4v) is 3.10. The fourth-order valence-electron chi connectivity index (χ4n) is 3.10. The van der Waals surface area contributed by atoms with Gasteiger partial charge < -0.3 is 9.84 Å². The monoisotopic (exact) mass is 291 g/mol. The van der Waals surface area contributed by atoms with Crippen LogP contribution in [0.3, 0.4) is 0 Å². The molecule has 4 heteroatoms. The van der Waals surface area contributed by atoms with Crippen molar-refractivity contribution in [3.8, 4) is 0 Å². The van der Waals surface area contributed by atoms with Gasteiger partial charge in [-0.3, -0.25) is 9.69 Å². The molecule has 0 bridgehead atoms. The normalized spacial score (nSPS) is 17.6. The number of carbonyl (C=O) groups is 1. The van der Waals surface area contributed by atoms with Crippen molar-refractivity contribution in [2.75, 3.05) is 26.3 Å². The summed E-state index contributed by atoms with van der Waals surface area (Å²) in [6, 6.07) is 8.73. The highest BCUT2D eigenvalue weighted by Gasteiger charge is 2.27. The molecule has 0 aromatic heterocycles. The summed E-state index contributed by atoms with van der Waals surface area (Å²) < 4.78 is 5.09. The number of hydrogen-bond acceptors (Lipinski definition) is 4. The molecule has 1 N–H and O–H groups in total. The van der Waals surface area contributed by atoms with Crippen molar-refractivity contribution in [1.29, 1.82) is 0 Å². The van der Waals surface area contributed by atoms with E-state index >= 15 is 0 Å². The molecule has 0 fully saturated rings. The molecule has 1 aromatic rings.